The van der Waals surface area contributed by atoms with Gasteiger partial charge in [0, 0.05) is 25.7 Å². The molecule has 0 saturated carbocycles. The molecule has 0 aliphatic carbocycles. The maximum absolute atomic E-state index is 13.3. The second-order valence-corrected chi connectivity index (χ2v) is 6.21. The SMILES string of the molecule is CN=C(NCc1ccc(C(=O)NCC(N)=O)cc1)NCc1ccc(F)c(C)c1. The van der Waals surface area contributed by atoms with Crippen molar-refractivity contribution in [3.8, 4) is 0 Å². The topological polar surface area (TPSA) is 109 Å². The molecule has 2 aromatic rings. The molecule has 8 heteroatoms. The molecule has 0 atom stereocenters. The number of aryl methyl sites for hydroxylation is 1. The number of guanidine groups is 1. The summed E-state index contributed by atoms with van der Waals surface area (Å²) < 4.78 is 13.3. The normalized spacial score (nSPS) is 11.0. The lowest BCUT2D eigenvalue weighted by Crippen LogP contribution is -2.36. The molecule has 148 valence electrons. The lowest BCUT2D eigenvalue weighted by Gasteiger charge is -2.13. The number of hydrogen-bond acceptors (Lipinski definition) is 3. The zero-order chi connectivity index (χ0) is 20.5. The van der Waals surface area contributed by atoms with E-state index in [-0.39, 0.29) is 18.3 Å². The minimum absolute atomic E-state index is 0.197. The number of amides is 2. The zero-order valence-electron chi connectivity index (χ0n) is 15.9. The third-order valence-corrected chi connectivity index (χ3v) is 4.01. The first-order valence-electron chi connectivity index (χ1n) is 8.74. The average molecular weight is 385 g/mol. The first kappa shape index (κ1) is 20.9. The number of aliphatic imine (C=N–C) groups is 1. The Morgan fingerprint density at radius 1 is 1.00 bits per heavy atom. The van der Waals surface area contributed by atoms with Gasteiger partial charge in [-0.05, 0) is 41.8 Å². The van der Waals surface area contributed by atoms with E-state index in [1.165, 1.54) is 6.07 Å². The highest BCUT2D eigenvalue weighted by Crippen LogP contribution is 2.09. The van der Waals surface area contributed by atoms with Gasteiger partial charge in [0.2, 0.25) is 5.91 Å². The number of nitrogens with two attached hydrogens (primary N) is 1. The van der Waals surface area contributed by atoms with Gasteiger partial charge in [0.15, 0.2) is 5.96 Å². The van der Waals surface area contributed by atoms with Gasteiger partial charge < -0.3 is 21.7 Å². The van der Waals surface area contributed by atoms with E-state index in [0.29, 0.717) is 30.2 Å². The summed E-state index contributed by atoms with van der Waals surface area (Å²) in [7, 11) is 1.66. The molecule has 0 aromatic heterocycles. The standard InChI is InChI=1S/C20H24FN5O2/c1-13-9-15(5-8-17(13)21)11-26-20(23-2)25-10-14-3-6-16(7-4-14)19(28)24-12-18(22)27/h3-9H,10-12H2,1-2H3,(H2,22,27)(H,24,28)(H2,23,25,26). The fraction of sp³-hybridized carbons (Fsp3) is 0.250. The molecule has 0 spiro atoms. The van der Waals surface area contributed by atoms with Gasteiger partial charge in [0.1, 0.15) is 5.82 Å². The zero-order valence-corrected chi connectivity index (χ0v) is 15.9. The molecule has 0 aliphatic rings. The largest absolute Gasteiger partial charge is 0.368 e. The van der Waals surface area contributed by atoms with Crippen LogP contribution in [-0.2, 0) is 17.9 Å². The lowest BCUT2D eigenvalue weighted by molar-refractivity contribution is -0.117. The van der Waals surface area contributed by atoms with Crippen LogP contribution in [-0.4, -0.2) is 31.4 Å². The number of carbonyl (C=O) groups excluding carboxylic acids is 2. The van der Waals surface area contributed by atoms with Gasteiger partial charge in [-0.15, -0.1) is 0 Å². The Balaban J connectivity index is 1.84. The third-order valence-electron chi connectivity index (χ3n) is 4.01. The second-order valence-electron chi connectivity index (χ2n) is 6.21. The Morgan fingerprint density at radius 3 is 2.18 bits per heavy atom. The van der Waals surface area contributed by atoms with Crippen LogP contribution >= 0.6 is 0 Å². The van der Waals surface area contributed by atoms with Crippen molar-refractivity contribution in [2.75, 3.05) is 13.6 Å². The van der Waals surface area contributed by atoms with E-state index in [4.69, 9.17) is 5.73 Å². The van der Waals surface area contributed by atoms with Crippen LogP contribution in [0.4, 0.5) is 4.39 Å². The molecular weight excluding hydrogens is 361 g/mol. The number of halogens is 1. The summed E-state index contributed by atoms with van der Waals surface area (Å²) in [6.07, 6.45) is 0. The first-order valence-corrected chi connectivity index (χ1v) is 8.74. The van der Waals surface area contributed by atoms with Gasteiger partial charge in [-0.25, -0.2) is 4.39 Å². The van der Waals surface area contributed by atoms with Gasteiger partial charge in [0.05, 0.1) is 6.54 Å². The van der Waals surface area contributed by atoms with E-state index < -0.39 is 5.91 Å². The van der Waals surface area contributed by atoms with Crippen LogP contribution in [0.1, 0.15) is 27.0 Å². The molecule has 2 amide bonds. The quantitative estimate of drug-likeness (QED) is 0.424. The Labute approximate surface area is 163 Å². The van der Waals surface area contributed by atoms with Crippen molar-refractivity contribution in [1.29, 1.82) is 0 Å². The fourth-order valence-electron chi connectivity index (χ4n) is 2.45. The smallest absolute Gasteiger partial charge is 0.251 e. The minimum atomic E-state index is -0.594. The number of primary amides is 1. The van der Waals surface area contributed by atoms with Crippen LogP contribution in [0, 0.1) is 12.7 Å². The molecule has 0 unspecified atom stereocenters. The number of nitrogens with zero attached hydrogens (tertiary/aromatic N) is 1. The number of carbonyl (C=O) groups is 2. The van der Waals surface area contributed by atoms with Crippen molar-refractivity contribution in [2.24, 2.45) is 10.7 Å². The molecular formula is C20H24FN5O2. The summed E-state index contributed by atoms with van der Waals surface area (Å²) in [4.78, 5) is 26.7. The highest BCUT2D eigenvalue weighted by atomic mass is 19.1. The minimum Gasteiger partial charge on any atom is -0.368 e. The third kappa shape index (κ3) is 6.39. The van der Waals surface area contributed by atoms with Gasteiger partial charge in [-0.2, -0.15) is 0 Å². The van der Waals surface area contributed by atoms with Crippen molar-refractivity contribution in [2.45, 2.75) is 20.0 Å². The van der Waals surface area contributed by atoms with Crippen LogP contribution in [0.15, 0.2) is 47.5 Å². The predicted molar refractivity (Wildman–Crippen MR) is 106 cm³/mol. The molecule has 28 heavy (non-hydrogen) atoms. The monoisotopic (exact) mass is 385 g/mol. The molecule has 0 aliphatic heterocycles. The van der Waals surface area contributed by atoms with Gasteiger partial charge in [0.25, 0.3) is 5.91 Å². The maximum Gasteiger partial charge on any atom is 0.251 e. The van der Waals surface area contributed by atoms with Gasteiger partial charge in [-0.3, -0.25) is 14.6 Å². The van der Waals surface area contributed by atoms with Crippen molar-refractivity contribution < 1.29 is 14.0 Å². The van der Waals surface area contributed by atoms with Crippen LogP contribution in [0.3, 0.4) is 0 Å². The molecule has 0 radical (unpaired) electrons. The van der Waals surface area contributed by atoms with Crippen molar-refractivity contribution >= 4 is 17.8 Å². The summed E-state index contributed by atoms with van der Waals surface area (Å²) in [5, 5.41) is 8.78. The summed E-state index contributed by atoms with van der Waals surface area (Å²) in [5.74, 6) is -0.572. The van der Waals surface area contributed by atoms with Crippen molar-refractivity contribution in [1.82, 2.24) is 16.0 Å². The van der Waals surface area contributed by atoms with Crippen LogP contribution in [0.5, 0.6) is 0 Å². The Morgan fingerprint density at radius 2 is 1.61 bits per heavy atom. The molecule has 2 aromatic carbocycles. The molecule has 7 nitrogen and oxygen atoms in total. The highest BCUT2D eigenvalue weighted by Gasteiger charge is 2.07. The number of nitrogens with one attached hydrogen (secondary N) is 3. The van der Waals surface area contributed by atoms with E-state index in [1.54, 1.807) is 38.2 Å². The molecule has 0 fully saturated rings. The number of benzene rings is 2. The Hall–Kier alpha value is -3.42. The van der Waals surface area contributed by atoms with Crippen LogP contribution in [0.2, 0.25) is 0 Å². The van der Waals surface area contributed by atoms with E-state index >= 15 is 0 Å². The average Bonchev–Trinajstić information content (AvgIpc) is 2.69. The highest BCUT2D eigenvalue weighted by molar-refractivity contribution is 5.96. The molecule has 0 bridgehead atoms. The summed E-state index contributed by atoms with van der Waals surface area (Å²) in [6, 6.07) is 11.9. The van der Waals surface area contributed by atoms with E-state index in [9.17, 15) is 14.0 Å². The van der Waals surface area contributed by atoms with Gasteiger partial charge >= 0.3 is 0 Å². The summed E-state index contributed by atoms with van der Waals surface area (Å²) in [6.45, 7) is 2.55. The predicted octanol–water partition coefficient (Wildman–Crippen LogP) is 1.21. The number of rotatable bonds is 7. The van der Waals surface area contributed by atoms with E-state index in [0.717, 1.165) is 11.1 Å². The Kier molecular flexibility index (Phi) is 7.50. The lowest BCUT2D eigenvalue weighted by atomic mass is 10.1. The molecule has 0 saturated heterocycles. The Bertz CT molecular complexity index is 865. The molecule has 2 rings (SSSR count). The molecule has 0 heterocycles. The second kappa shape index (κ2) is 10.1. The maximum atomic E-state index is 13.3. The molecule has 5 N–H and O–H groups in total. The van der Waals surface area contributed by atoms with E-state index in [1.807, 2.05) is 12.1 Å². The van der Waals surface area contributed by atoms with E-state index in [2.05, 4.69) is 20.9 Å². The number of hydrogen-bond donors (Lipinski definition) is 4. The summed E-state index contributed by atoms with van der Waals surface area (Å²) in [5.41, 5.74) is 7.95. The first-order chi connectivity index (χ1) is 13.4. The fourth-order valence-corrected chi connectivity index (χ4v) is 2.45. The van der Waals surface area contributed by atoms with Crippen molar-refractivity contribution in [3.05, 3.63) is 70.5 Å². The van der Waals surface area contributed by atoms with Crippen LogP contribution < -0.4 is 21.7 Å². The van der Waals surface area contributed by atoms with Crippen molar-refractivity contribution in [3.63, 3.8) is 0 Å². The summed E-state index contributed by atoms with van der Waals surface area (Å²) >= 11 is 0. The van der Waals surface area contributed by atoms with Gasteiger partial charge in [-0.1, -0.05) is 24.3 Å². The van der Waals surface area contributed by atoms with Crippen LogP contribution in [0.25, 0.3) is 0 Å².